The van der Waals surface area contributed by atoms with Gasteiger partial charge in [0, 0.05) is 17.9 Å². The van der Waals surface area contributed by atoms with E-state index in [4.69, 9.17) is 0 Å². The fourth-order valence-corrected chi connectivity index (χ4v) is 2.34. The van der Waals surface area contributed by atoms with Crippen LogP contribution < -0.4 is 0 Å². The van der Waals surface area contributed by atoms with Crippen molar-refractivity contribution in [1.29, 1.82) is 0 Å². The first-order chi connectivity index (χ1) is 10.1. The molecule has 0 bridgehead atoms. The number of benzene rings is 2. The Morgan fingerprint density at radius 2 is 1.38 bits per heavy atom. The van der Waals surface area contributed by atoms with E-state index in [0.29, 0.717) is 0 Å². The van der Waals surface area contributed by atoms with E-state index >= 15 is 0 Å². The number of allylic oxidation sites excluding steroid dienone is 2. The summed E-state index contributed by atoms with van der Waals surface area (Å²) in [6.45, 7) is 3.70. The minimum Gasteiger partial charge on any atom is -0.259 e. The smallest absolute Gasteiger partial charge is 0.245 e. The molecule has 0 radical (unpaired) electrons. The SMILES string of the molecule is CC(C)/C(=C/C(c1ccccc1)c1ccccc1)[N+](=O)[O-]. The molecular formula is C18H19NO2. The summed E-state index contributed by atoms with van der Waals surface area (Å²) in [5, 5.41) is 11.3. The molecule has 0 aliphatic carbocycles. The van der Waals surface area contributed by atoms with E-state index in [1.54, 1.807) is 6.08 Å². The molecule has 108 valence electrons. The summed E-state index contributed by atoms with van der Waals surface area (Å²) >= 11 is 0. The van der Waals surface area contributed by atoms with Crippen LogP contribution in [0.5, 0.6) is 0 Å². The molecule has 0 saturated heterocycles. The molecule has 0 heterocycles. The summed E-state index contributed by atoms with van der Waals surface area (Å²) in [4.78, 5) is 11.0. The Labute approximate surface area is 125 Å². The molecule has 0 N–H and O–H groups in total. The number of hydrogen-bond acceptors (Lipinski definition) is 2. The van der Waals surface area contributed by atoms with Crippen molar-refractivity contribution in [3.63, 3.8) is 0 Å². The third kappa shape index (κ3) is 3.78. The third-order valence-corrected chi connectivity index (χ3v) is 3.46. The van der Waals surface area contributed by atoms with Gasteiger partial charge in [0.2, 0.25) is 5.70 Å². The van der Waals surface area contributed by atoms with E-state index in [1.807, 2.05) is 74.5 Å². The van der Waals surface area contributed by atoms with Crippen LogP contribution >= 0.6 is 0 Å². The van der Waals surface area contributed by atoms with Gasteiger partial charge in [-0.3, -0.25) is 10.1 Å². The summed E-state index contributed by atoms with van der Waals surface area (Å²) < 4.78 is 0. The fourth-order valence-electron chi connectivity index (χ4n) is 2.34. The number of hydrogen-bond donors (Lipinski definition) is 0. The molecule has 0 saturated carbocycles. The van der Waals surface area contributed by atoms with Crippen LogP contribution in [-0.2, 0) is 0 Å². The average molecular weight is 281 g/mol. The lowest BCUT2D eigenvalue weighted by atomic mass is 9.89. The zero-order chi connectivity index (χ0) is 15.2. The van der Waals surface area contributed by atoms with Crippen molar-refractivity contribution in [2.45, 2.75) is 19.8 Å². The molecule has 0 fully saturated rings. The van der Waals surface area contributed by atoms with Crippen LogP contribution in [0.3, 0.4) is 0 Å². The molecule has 0 spiro atoms. The predicted octanol–water partition coefficient (Wildman–Crippen LogP) is 4.64. The van der Waals surface area contributed by atoms with E-state index in [9.17, 15) is 10.1 Å². The molecule has 3 nitrogen and oxygen atoms in total. The molecule has 0 amide bonds. The van der Waals surface area contributed by atoms with Crippen molar-refractivity contribution in [2.24, 2.45) is 5.92 Å². The number of nitrogens with zero attached hydrogens (tertiary/aromatic N) is 1. The second-order valence-corrected chi connectivity index (χ2v) is 5.30. The standard InChI is InChI=1S/C18H19NO2/c1-14(2)18(19(20)21)13-17(15-9-5-3-6-10-15)16-11-7-4-8-12-16/h3-14,17H,1-2H3/b18-13-. The monoisotopic (exact) mass is 281 g/mol. The lowest BCUT2D eigenvalue weighted by Gasteiger charge is -2.15. The minimum atomic E-state index is -0.274. The normalized spacial score (nSPS) is 11.9. The summed E-state index contributed by atoms with van der Waals surface area (Å²) in [7, 11) is 0. The average Bonchev–Trinajstić information content (AvgIpc) is 2.49. The molecule has 0 unspecified atom stereocenters. The molecule has 0 aromatic heterocycles. The third-order valence-electron chi connectivity index (χ3n) is 3.46. The van der Waals surface area contributed by atoms with Gasteiger partial charge in [-0.05, 0) is 11.1 Å². The Balaban J connectivity index is 2.52. The Morgan fingerprint density at radius 1 is 0.952 bits per heavy atom. The van der Waals surface area contributed by atoms with Gasteiger partial charge < -0.3 is 0 Å². The van der Waals surface area contributed by atoms with E-state index in [2.05, 4.69) is 0 Å². The molecule has 2 aromatic carbocycles. The fraction of sp³-hybridized carbons (Fsp3) is 0.222. The van der Waals surface area contributed by atoms with E-state index in [0.717, 1.165) is 11.1 Å². The zero-order valence-electron chi connectivity index (χ0n) is 12.3. The van der Waals surface area contributed by atoms with Gasteiger partial charge >= 0.3 is 0 Å². The van der Waals surface area contributed by atoms with Gasteiger partial charge in [0.15, 0.2) is 0 Å². The first kappa shape index (κ1) is 15.0. The molecule has 2 rings (SSSR count). The largest absolute Gasteiger partial charge is 0.259 e. The maximum Gasteiger partial charge on any atom is 0.245 e. The van der Waals surface area contributed by atoms with Crippen LogP contribution in [0.1, 0.15) is 30.9 Å². The van der Waals surface area contributed by atoms with Crippen LogP contribution in [0.2, 0.25) is 0 Å². The van der Waals surface area contributed by atoms with E-state index in [-0.39, 0.29) is 22.5 Å². The summed E-state index contributed by atoms with van der Waals surface area (Å²) in [6.07, 6.45) is 1.77. The Morgan fingerprint density at radius 3 is 1.71 bits per heavy atom. The molecule has 0 atom stereocenters. The van der Waals surface area contributed by atoms with Crippen LogP contribution in [0.4, 0.5) is 0 Å². The highest BCUT2D eigenvalue weighted by molar-refractivity contribution is 5.37. The van der Waals surface area contributed by atoms with Crippen molar-refractivity contribution in [3.05, 3.63) is 93.7 Å². The van der Waals surface area contributed by atoms with Crippen LogP contribution in [-0.4, -0.2) is 4.92 Å². The molecular weight excluding hydrogens is 262 g/mol. The van der Waals surface area contributed by atoms with E-state index in [1.165, 1.54) is 0 Å². The quantitative estimate of drug-likeness (QED) is 0.592. The van der Waals surface area contributed by atoms with Gasteiger partial charge in [0.05, 0.1) is 4.92 Å². The second-order valence-electron chi connectivity index (χ2n) is 5.30. The Bertz CT molecular complexity index is 579. The summed E-state index contributed by atoms with van der Waals surface area (Å²) in [6, 6.07) is 19.8. The van der Waals surface area contributed by atoms with Crippen LogP contribution in [0, 0.1) is 16.0 Å². The van der Waals surface area contributed by atoms with Crippen molar-refractivity contribution < 1.29 is 4.92 Å². The summed E-state index contributed by atoms with van der Waals surface area (Å²) in [5.41, 5.74) is 2.38. The molecule has 2 aromatic rings. The zero-order valence-corrected chi connectivity index (χ0v) is 12.3. The number of nitro groups is 1. The van der Waals surface area contributed by atoms with Crippen molar-refractivity contribution in [2.75, 3.05) is 0 Å². The van der Waals surface area contributed by atoms with E-state index < -0.39 is 0 Å². The highest BCUT2D eigenvalue weighted by Gasteiger charge is 2.21. The lowest BCUT2D eigenvalue weighted by molar-refractivity contribution is -0.433. The van der Waals surface area contributed by atoms with Crippen molar-refractivity contribution in [3.8, 4) is 0 Å². The van der Waals surface area contributed by atoms with Crippen LogP contribution in [0.15, 0.2) is 72.4 Å². The van der Waals surface area contributed by atoms with Gasteiger partial charge in [-0.15, -0.1) is 0 Å². The Kier molecular flexibility index (Phi) is 4.88. The highest BCUT2D eigenvalue weighted by atomic mass is 16.6. The van der Waals surface area contributed by atoms with Gasteiger partial charge in [-0.25, -0.2) is 0 Å². The molecule has 3 heteroatoms. The van der Waals surface area contributed by atoms with Gasteiger partial charge in [-0.2, -0.15) is 0 Å². The van der Waals surface area contributed by atoms with Gasteiger partial charge in [-0.1, -0.05) is 74.5 Å². The minimum absolute atomic E-state index is 0.102. The summed E-state index contributed by atoms with van der Waals surface area (Å²) in [5.74, 6) is -0.217. The van der Waals surface area contributed by atoms with Crippen LogP contribution in [0.25, 0.3) is 0 Å². The lowest BCUT2D eigenvalue weighted by Crippen LogP contribution is -2.09. The predicted molar refractivity (Wildman–Crippen MR) is 84.6 cm³/mol. The number of rotatable bonds is 5. The molecule has 21 heavy (non-hydrogen) atoms. The van der Waals surface area contributed by atoms with Crippen molar-refractivity contribution in [1.82, 2.24) is 0 Å². The highest BCUT2D eigenvalue weighted by Crippen LogP contribution is 2.28. The molecule has 0 aliphatic heterocycles. The van der Waals surface area contributed by atoms with Crippen molar-refractivity contribution >= 4 is 0 Å². The molecule has 0 aliphatic rings. The maximum atomic E-state index is 11.3. The topological polar surface area (TPSA) is 43.1 Å². The first-order valence-electron chi connectivity index (χ1n) is 7.05. The second kappa shape index (κ2) is 6.84. The first-order valence-corrected chi connectivity index (χ1v) is 7.05. The van der Waals surface area contributed by atoms with Gasteiger partial charge in [0.1, 0.15) is 0 Å². The maximum absolute atomic E-state index is 11.3. The van der Waals surface area contributed by atoms with Gasteiger partial charge in [0.25, 0.3) is 0 Å². The Hall–Kier alpha value is -2.42.